The molecule has 0 saturated carbocycles. The summed E-state index contributed by atoms with van der Waals surface area (Å²) in [4.78, 5) is 12.8. The Kier molecular flexibility index (Phi) is 5.89. The first-order valence-corrected chi connectivity index (χ1v) is 9.14. The fourth-order valence-electron chi connectivity index (χ4n) is 1.89. The van der Waals surface area contributed by atoms with Gasteiger partial charge in [-0.15, -0.1) is 11.3 Å². The van der Waals surface area contributed by atoms with Gasteiger partial charge in [0.15, 0.2) is 0 Å². The molecule has 0 bridgehead atoms. The summed E-state index contributed by atoms with van der Waals surface area (Å²) in [7, 11) is -0.454. The largest absolute Gasteiger partial charge is 0.380 e. The number of ether oxygens (including phenoxy) is 1. The number of carbonyl (C=O) groups is 1. The molecule has 2 rings (SSSR count). The highest BCUT2D eigenvalue weighted by Gasteiger charge is 2.14. The van der Waals surface area contributed by atoms with E-state index in [1.54, 1.807) is 25.3 Å². The van der Waals surface area contributed by atoms with Gasteiger partial charge in [-0.3, -0.25) is 4.79 Å². The lowest BCUT2D eigenvalue weighted by atomic mass is 10.1. The Bertz CT molecular complexity index is 767. The van der Waals surface area contributed by atoms with Gasteiger partial charge in [0, 0.05) is 17.6 Å². The molecule has 2 N–H and O–H groups in total. The van der Waals surface area contributed by atoms with Crippen LogP contribution in [0, 0.1) is 0 Å². The van der Waals surface area contributed by atoms with Gasteiger partial charge >= 0.3 is 0 Å². The predicted molar refractivity (Wildman–Crippen MR) is 88.9 cm³/mol. The van der Waals surface area contributed by atoms with E-state index in [0.717, 1.165) is 21.8 Å². The fourth-order valence-corrected chi connectivity index (χ4v) is 4.02. The SMILES string of the molecule is CNS(=O)(=O)c1ccc(CNC(=O)c2ccc(COC)cc2)s1. The molecular weight excluding hydrogens is 336 g/mol. The highest BCUT2D eigenvalue weighted by molar-refractivity contribution is 7.91. The van der Waals surface area contributed by atoms with Gasteiger partial charge in [0.25, 0.3) is 5.91 Å². The topological polar surface area (TPSA) is 84.5 Å². The molecule has 124 valence electrons. The van der Waals surface area contributed by atoms with Gasteiger partial charge in [0.1, 0.15) is 4.21 Å². The molecular formula is C15H18N2O4S2. The number of methoxy groups -OCH3 is 1. The molecule has 0 atom stereocenters. The number of sulfonamides is 1. The van der Waals surface area contributed by atoms with Crippen LogP contribution < -0.4 is 10.0 Å². The Labute approximate surface area is 139 Å². The van der Waals surface area contributed by atoms with Gasteiger partial charge in [-0.1, -0.05) is 12.1 Å². The van der Waals surface area contributed by atoms with Crippen LogP contribution in [0.1, 0.15) is 20.8 Å². The summed E-state index contributed by atoms with van der Waals surface area (Å²) >= 11 is 1.13. The molecule has 0 aliphatic rings. The van der Waals surface area contributed by atoms with E-state index in [0.29, 0.717) is 12.2 Å². The number of benzene rings is 1. The lowest BCUT2D eigenvalue weighted by Crippen LogP contribution is -2.22. The van der Waals surface area contributed by atoms with Crippen molar-refractivity contribution in [2.24, 2.45) is 0 Å². The van der Waals surface area contributed by atoms with Gasteiger partial charge in [-0.25, -0.2) is 13.1 Å². The van der Waals surface area contributed by atoms with Crippen molar-refractivity contribution < 1.29 is 17.9 Å². The van der Waals surface area contributed by atoms with Crippen molar-refractivity contribution in [2.45, 2.75) is 17.4 Å². The van der Waals surface area contributed by atoms with Crippen molar-refractivity contribution >= 4 is 27.3 Å². The Morgan fingerprint density at radius 1 is 1.17 bits per heavy atom. The van der Waals surface area contributed by atoms with Crippen molar-refractivity contribution in [2.75, 3.05) is 14.2 Å². The fraction of sp³-hybridized carbons (Fsp3) is 0.267. The monoisotopic (exact) mass is 354 g/mol. The molecule has 1 aromatic carbocycles. The Morgan fingerprint density at radius 3 is 2.48 bits per heavy atom. The summed E-state index contributed by atoms with van der Waals surface area (Å²) in [6.07, 6.45) is 0. The van der Waals surface area contributed by atoms with E-state index in [1.807, 2.05) is 12.1 Å². The summed E-state index contributed by atoms with van der Waals surface area (Å²) in [5, 5.41) is 2.77. The lowest BCUT2D eigenvalue weighted by Gasteiger charge is -2.05. The summed E-state index contributed by atoms with van der Waals surface area (Å²) in [6, 6.07) is 10.3. The maximum Gasteiger partial charge on any atom is 0.251 e. The molecule has 6 nitrogen and oxygen atoms in total. The highest BCUT2D eigenvalue weighted by atomic mass is 32.2. The molecule has 0 saturated heterocycles. The van der Waals surface area contributed by atoms with Gasteiger partial charge in [-0.05, 0) is 36.9 Å². The van der Waals surface area contributed by atoms with Crippen LogP contribution in [0.2, 0.25) is 0 Å². The van der Waals surface area contributed by atoms with Gasteiger partial charge in [-0.2, -0.15) is 0 Å². The third-order valence-electron chi connectivity index (χ3n) is 3.12. The van der Waals surface area contributed by atoms with E-state index in [1.165, 1.54) is 13.1 Å². The molecule has 0 radical (unpaired) electrons. The van der Waals surface area contributed by atoms with Gasteiger partial charge < -0.3 is 10.1 Å². The summed E-state index contributed by atoms with van der Waals surface area (Å²) in [5.74, 6) is -0.208. The van der Waals surface area contributed by atoms with Crippen LogP contribution in [-0.4, -0.2) is 28.5 Å². The Morgan fingerprint density at radius 2 is 1.87 bits per heavy atom. The molecule has 1 amide bonds. The lowest BCUT2D eigenvalue weighted by molar-refractivity contribution is 0.0951. The number of thiophene rings is 1. The third kappa shape index (κ3) is 4.61. The first-order valence-electron chi connectivity index (χ1n) is 6.84. The van der Waals surface area contributed by atoms with E-state index < -0.39 is 10.0 Å². The second-order valence-corrected chi connectivity index (χ2v) is 8.02. The summed E-state index contributed by atoms with van der Waals surface area (Å²) in [6.45, 7) is 0.780. The zero-order valence-electron chi connectivity index (χ0n) is 12.8. The average molecular weight is 354 g/mol. The van der Waals surface area contributed by atoms with Crippen LogP contribution in [0.5, 0.6) is 0 Å². The van der Waals surface area contributed by atoms with E-state index in [4.69, 9.17) is 4.74 Å². The number of hydrogen-bond acceptors (Lipinski definition) is 5. The van der Waals surface area contributed by atoms with Crippen molar-refractivity contribution in [3.8, 4) is 0 Å². The summed E-state index contributed by atoms with van der Waals surface area (Å²) < 4.78 is 30.8. The number of rotatable bonds is 7. The van der Waals surface area contributed by atoms with Crippen molar-refractivity contribution in [1.82, 2.24) is 10.0 Å². The predicted octanol–water partition coefficient (Wildman–Crippen LogP) is 1.73. The second-order valence-electron chi connectivity index (χ2n) is 4.74. The molecule has 23 heavy (non-hydrogen) atoms. The smallest absolute Gasteiger partial charge is 0.251 e. The zero-order valence-corrected chi connectivity index (χ0v) is 14.5. The van der Waals surface area contributed by atoms with Crippen LogP contribution >= 0.6 is 11.3 Å². The first-order chi connectivity index (χ1) is 11.0. The van der Waals surface area contributed by atoms with Crippen molar-refractivity contribution in [3.63, 3.8) is 0 Å². The molecule has 1 heterocycles. The van der Waals surface area contributed by atoms with Crippen LogP contribution in [0.15, 0.2) is 40.6 Å². The average Bonchev–Trinajstić information content (AvgIpc) is 3.03. The zero-order chi connectivity index (χ0) is 16.9. The number of hydrogen-bond donors (Lipinski definition) is 2. The maximum absolute atomic E-state index is 12.1. The minimum Gasteiger partial charge on any atom is -0.380 e. The third-order valence-corrected chi connectivity index (χ3v) is 6.11. The number of amides is 1. The minimum absolute atomic E-state index is 0.208. The van der Waals surface area contributed by atoms with Crippen molar-refractivity contribution in [3.05, 3.63) is 52.4 Å². The Balaban J connectivity index is 1.96. The molecule has 0 fully saturated rings. The van der Waals surface area contributed by atoms with E-state index in [-0.39, 0.29) is 16.7 Å². The minimum atomic E-state index is -3.43. The van der Waals surface area contributed by atoms with Crippen LogP contribution in [0.25, 0.3) is 0 Å². The van der Waals surface area contributed by atoms with Gasteiger partial charge in [0.2, 0.25) is 10.0 Å². The van der Waals surface area contributed by atoms with E-state index in [2.05, 4.69) is 10.0 Å². The normalized spacial score (nSPS) is 11.4. The van der Waals surface area contributed by atoms with Crippen LogP contribution in [-0.2, 0) is 27.9 Å². The van der Waals surface area contributed by atoms with Crippen LogP contribution in [0.4, 0.5) is 0 Å². The Hall–Kier alpha value is -1.74. The van der Waals surface area contributed by atoms with Gasteiger partial charge in [0.05, 0.1) is 13.2 Å². The molecule has 0 aliphatic carbocycles. The maximum atomic E-state index is 12.1. The molecule has 8 heteroatoms. The standard InChI is InChI=1S/C15H18N2O4S2/c1-16-23(19,20)14-8-7-13(22-14)9-17-15(18)12-5-3-11(4-6-12)10-21-2/h3-8,16H,9-10H2,1-2H3,(H,17,18). The molecule has 0 aliphatic heterocycles. The molecule has 0 spiro atoms. The van der Waals surface area contributed by atoms with Crippen molar-refractivity contribution in [1.29, 1.82) is 0 Å². The second kappa shape index (κ2) is 7.69. The molecule has 1 aromatic heterocycles. The highest BCUT2D eigenvalue weighted by Crippen LogP contribution is 2.21. The van der Waals surface area contributed by atoms with Crippen LogP contribution in [0.3, 0.4) is 0 Å². The number of nitrogens with one attached hydrogen (secondary N) is 2. The number of carbonyl (C=O) groups excluding carboxylic acids is 1. The first kappa shape index (κ1) is 17.6. The van der Waals surface area contributed by atoms with E-state index in [9.17, 15) is 13.2 Å². The molecule has 0 unspecified atom stereocenters. The summed E-state index contributed by atoms with van der Waals surface area (Å²) in [5.41, 5.74) is 1.54. The molecule has 2 aromatic rings. The quantitative estimate of drug-likeness (QED) is 0.793. The van der Waals surface area contributed by atoms with E-state index >= 15 is 0 Å².